The molecular formula is C29H20Cl2FN5OS3. The lowest BCUT2D eigenvalue weighted by atomic mass is 10.1. The fourth-order valence-electron chi connectivity index (χ4n) is 4.31. The first kappa shape index (κ1) is 28.0. The number of amides is 1. The Morgan fingerprint density at radius 3 is 2.66 bits per heavy atom. The molecule has 6 rings (SSSR count). The minimum atomic E-state index is -0.216. The van der Waals surface area contributed by atoms with Crippen LogP contribution in [0.25, 0.3) is 32.4 Å². The molecule has 12 heteroatoms. The van der Waals surface area contributed by atoms with Gasteiger partial charge >= 0.3 is 0 Å². The molecule has 0 bridgehead atoms. The molecule has 0 aliphatic rings. The molecule has 0 aliphatic heterocycles. The molecular weight excluding hydrogens is 620 g/mol. The Hall–Kier alpha value is -3.15. The minimum absolute atomic E-state index is 0.160. The van der Waals surface area contributed by atoms with E-state index in [1.54, 1.807) is 51.9 Å². The number of nitrogens with one attached hydrogen (secondary N) is 1. The number of rotatable bonds is 8. The van der Waals surface area contributed by atoms with Crippen molar-refractivity contribution in [3.63, 3.8) is 0 Å². The summed E-state index contributed by atoms with van der Waals surface area (Å²) < 4.78 is 17.9. The fourth-order valence-corrected chi connectivity index (χ4v) is 7.62. The number of fused-ring (bicyclic) bond motifs is 2. The standard InChI is InChI=1S/C29H20Cl2FN5OS3/c1-37-27(21-9-7-17(30)12-22(21)31)35-36-28(37)39-15-26(38)33-18-8-11-24-25(13-18)41-29(34-24)40-14-16-6-10-23(32)20-5-3-2-4-19(16)20/h2-13H,14-15H2,1H3,(H,33,38). The zero-order valence-electron chi connectivity index (χ0n) is 21.4. The molecule has 0 saturated heterocycles. The predicted molar refractivity (Wildman–Crippen MR) is 169 cm³/mol. The number of thioether (sulfide) groups is 2. The number of benzene rings is 4. The fraction of sp³-hybridized carbons (Fsp3) is 0.103. The van der Waals surface area contributed by atoms with Crippen molar-refractivity contribution >= 4 is 90.6 Å². The number of carbonyl (C=O) groups is 1. The van der Waals surface area contributed by atoms with Gasteiger partial charge in [-0.3, -0.25) is 4.79 Å². The van der Waals surface area contributed by atoms with Crippen molar-refractivity contribution in [2.24, 2.45) is 7.05 Å². The zero-order chi connectivity index (χ0) is 28.5. The van der Waals surface area contributed by atoms with E-state index >= 15 is 0 Å². The molecule has 41 heavy (non-hydrogen) atoms. The van der Waals surface area contributed by atoms with Gasteiger partial charge in [0.2, 0.25) is 5.91 Å². The Bertz CT molecular complexity index is 1930. The van der Waals surface area contributed by atoms with Gasteiger partial charge in [0.05, 0.1) is 21.0 Å². The molecule has 206 valence electrons. The smallest absolute Gasteiger partial charge is 0.234 e. The molecule has 1 amide bonds. The van der Waals surface area contributed by atoms with Crippen molar-refractivity contribution in [1.82, 2.24) is 19.7 Å². The molecule has 0 atom stereocenters. The summed E-state index contributed by atoms with van der Waals surface area (Å²) in [6.07, 6.45) is 0. The first-order valence-corrected chi connectivity index (χ1v) is 15.9. The molecule has 0 unspecified atom stereocenters. The second kappa shape index (κ2) is 12.0. The van der Waals surface area contributed by atoms with Crippen LogP contribution in [0.15, 0.2) is 82.3 Å². The van der Waals surface area contributed by atoms with E-state index in [0.717, 1.165) is 25.5 Å². The highest BCUT2D eigenvalue weighted by atomic mass is 35.5. The maximum absolute atomic E-state index is 14.2. The van der Waals surface area contributed by atoms with E-state index in [-0.39, 0.29) is 17.5 Å². The van der Waals surface area contributed by atoms with Crippen LogP contribution in [-0.4, -0.2) is 31.4 Å². The summed E-state index contributed by atoms with van der Waals surface area (Å²) in [5.74, 6) is 1.05. The molecule has 4 aromatic carbocycles. The lowest BCUT2D eigenvalue weighted by molar-refractivity contribution is -0.113. The average molecular weight is 641 g/mol. The third kappa shape index (κ3) is 6.07. The molecule has 0 spiro atoms. The lowest BCUT2D eigenvalue weighted by Gasteiger charge is -2.07. The summed E-state index contributed by atoms with van der Waals surface area (Å²) >= 11 is 16.8. The Morgan fingerprint density at radius 2 is 1.83 bits per heavy atom. The number of hydrogen-bond acceptors (Lipinski definition) is 7. The van der Waals surface area contributed by atoms with Crippen LogP contribution in [0.3, 0.4) is 0 Å². The maximum atomic E-state index is 14.2. The quantitative estimate of drug-likeness (QED) is 0.168. The van der Waals surface area contributed by atoms with Gasteiger partial charge in [0.15, 0.2) is 15.3 Å². The summed E-state index contributed by atoms with van der Waals surface area (Å²) in [5, 5.41) is 14.6. The molecule has 0 fully saturated rings. The molecule has 0 aliphatic carbocycles. The van der Waals surface area contributed by atoms with Gasteiger partial charge in [-0.25, -0.2) is 9.37 Å². The van der Waals surface area contributed by atoms with E-state index in [0.29, 0.717) is 43.4 Å². The Kier molecular flexibility index (Phi) is 8.19. The van der Waals surface area contributed by atoms with Crippen LogP contribution < -0.4 is 5.32 Å². The van der Waals surface area contributed by atoms with E-state index < -0.39 is 0 Å². The molecule has 2 aromatic heterocycles. The second-order valence-corrected chi connectivity index (χ2v) is 13.1. The van der Waals surface area contributed by atoms with Crippen LogP contribution in [0.4, 0.5) is 10.1 Å². The van der Waals surface area contributed by atoms with Gasteiger partial charge in [-0.15, -0.1) is 21.5 Å². The van der Waals surface area contributed by atoms with Gasteiger partial charge in [-0.1, -0.05) is 77.1 Å². The number of nitrogens with zero attached hydrogens (tertiary/aromatic N) is 4. The number of anilines is 1. The second-order valence-electron chi connectivity index (χ2n) is 9.03. The Labute approximate surface area is 257 Å². The highest BCUT2D eigenvalue weighted by Crippen LogP contribution is 2.35. The van der Waals surface area contributed by atoms with Crippen LogP contribution in [-0.2, 0) is 17.6 Å². The third-order valence-electron chi connectivity index (χ3n) is 6.30. The number of hydrogen-bond donors (Lipinski definition) is 1. The number of carbonyl (C=O) groups excluding carboxylic acids is 1. The summed E-state index contributed by atoms with van der Waals surface area (Å²) in [5.41, 5.74) is 3.33. The van der Waals surface area contributed by atoms with Gasteiger partial charge in [-0.2, -0.15) is 0 Å². The zero-order valence-corrected chi connectivity index (χ0v) is 25.4. The van der Waals surface area contributed by atoms with Gasteiger partial charge in [-0.05, 0) is 53.4 Å². The van der Waals surface area contributed by atoms with Crippen molar-refractivity contribution in [2.45, 2.75) is 15.2 Å². The summed E-state index contributed by atoms with van der Waals surface area (Å²) in [7, 11) is 1.83. The predicted octanol–water partition coefficient (Wildman–Crippen LogP) is 8.71. The highest BCUT2D eigenvalue weighted by Gasteiger charge is 2.16. The SMILES string of the molecule is Cn1c(SCC(=O)Nc2ccc3nc(SCc4ccc(F)c5ccccc45)sc3c2)nnc1-c1ccc(Cl)cc1Cl. The van der Waals surface area contributed by atoms with Crippen molar-refractivity contribution in [3.05, 3.63) is 94.2 Å². The maximum Gasteiger partial charge on any atom is 0.234 e. The number of thiazole rings is 1. The van der Waals surface area contributed by atoms with E-state index in [4.69, 9.17) is 28.2 Å². The van der Waals surface area contributed by atoms with Crippen LogP contribution in [0, 0.1) is 5.82 Å². The van der Waals surface area contributed by atoms with E-state index in [1.165, 1.54) is 17.8 Å². The van der Waals surface area contributed by atoms with Crippen LogP contribution >= 0.6 is 58.1 Å². The molecule has 0 saturated carbocycles. The van der Waals surface area contributed by atoms with Gasteiger partial charge < -0.3 is 9.88 Å². The largest absolute Gasteiger partial charge is 0.325 e. The monoisotopic (exact) mass is 639 g/mol. The average Bonchev–Trinajstić information content (AvgIpc) is 3.54. The summed E-state index contributed by atoms with van der Waals surface area (Å²) in [4.78, 5) is 17.5. The van der Waals surface area contributed by atoms with Crippen LogP contribution in [0.2, 0.25) is 10.0 Å². The molecule has 6 nitrogen and oxygen atoms in total. The van der Waals surface area contributed by atoms with Crippen molar-refractivity contribution < 1.29 is 9.18 Å². The molecule has 1 N–H and O–H groups in total. The van der Waals surface area contributed by atoms with Crippen LogP contribution in [0.1, 0.15) is 5.56 Å². The number of aromatic nitrogens is 4. The first-order valence-electron chi connectivity index (χ1n) is 12.3. The van der Waals surface area contributed by atoms with Crippen molar-refractivity contribution in [2.75, 3.05) is 11.1 Å². The normalized spacial score (nSPS) is 11.4. The van der Waals surface area contributed by atoms with E-state index in [2.05, 4.69) is 15.5 Å². The van der Waals surface area contributed by atoms with Gasteiger partial charge in [0.25, 0.3) is 0 Å². The summed E-state index contributed by atoms with van der Waals surface area (Å²) in [6.45, 7) is 0. The van der Waals surface area contributed by atoms with Crippen molar-refractivity contribution in [1.29, 1.82) is 0 Å². The topological polar surface area (TPSA) is 72.7 Å². The molecule has 2 heterocycles. The van der Waals surface area contributed by atoms with Crippen LogP contribution in [0.5, 0.6) is 0 Å². The first-order chi connectivity index (χ1) is 19.9. The summed E-state index contributed by atoms with van der Waals surface area (Å²) in [6, 6.07) is 21.7. The molecule has 6 aromatic rings. The van der Waals surface area contributed by atoms with Gasteiger partial charge in [0, 0.05) is 34.5 Å². The van der Waals surface area contributed by atoms with Crippen molar-refractivity contribution in [3.8, 4) is 11.4 Å². The number of halogens is 3. The lowest BCUT2D eigenvalue weighted by Crippen LogP contribution is -2.14. The Balaban J connectivity index is 1.09. The van der Waals surface area contributed by atoms with Gasteiger partial charge in [0.1, 0.15) is 5.82 Å². The third-order valence-corrected chi connectivity index (χ3v) is 10.1. The van der Waals surface area contributed by atoms with E-state index in [9.17, 15) is 9.18 Å². The Morgan fingerprint density at radius 1 is 1.00 bits per heavy atom. The molecule has 0 radical (unpaired) electrons. The highest BCUT2D eigenvalue weighted by molar-refractivity contribution is 8.00. The minimum Gasteiger partial charge on any atom is -0.325 e. The van der Waals surface area contributed by atoms with E-state index in [1.807, 2.05) is 49.5 Å².